The molecule has 0 bridgehead atoms. The van der Waals surface area contributed by atoms with Crippen molar-refractivity contribution in [2.45, 2.75) is 49.1 Å². The molecule has 290 valence electrons. The lowest BCUT2D eigenvalue weighted by atomic mass is 10.1. The van der Waals surface area contributed by atoms with Crippen molar-refractivity contribution in [3.63, 3.8) is 0 Å². The Hall–Kier alpha value is -2.85. The smallest absolute Gasteiger partial charge is 0.387 e. The van der Waals surface area contributed by atoms with Crippen LogP contribution in [0.15, 0.2) is 28.2 Å². The average Bonchev–Trinajstić information content (AvgIpc) is 3.63. The molecule has 5 heterocycles. The van der Waals surface area contributed by atoms with Crippen LogP contribution in [0, 0.1) is 0 Å². The van der Waals surface area contributed by atoms with Crippen LogP contribution in [0.4, 0.5) is 11.8 Å². The lowest BCUT2D eigenvalue weighted by molar-refractivity contribution is -0.0606. The van der Waals surface area contributed by atoms with E-state index in [1.807, 2.05) is 0 Å². The minimum absolute atomic E-state index is 0.163. The SMILES string of the molecule is Nc1ccn([C@@H]2O[C@H](COP(=O)(O)O[C@H]3[C@@H](O)[C@H](n4cnc5c(=O)[nH]c(N)nc54)O[C@@H]3COP(=O)(O)OP(=O)(O)OP(=O)(O)O)[C@@H](O)[C@H]2O)c(=O)n1. The number of nitrogens with two attached hydrogens (primary N) is 2. The monoisotopic (exact) mass is 828 g/mol. The summed E-state index contributed by atoms with van der Waals surface area (Å²) in [5, 5.41) is 32.1. The van der Waals surface area contributed by atoms with Crippen LogP contribution in [0.3, 0.4) is 0 Å². The number of phosphoric acid groups is 4. The highest BCUT2D eigenvalue weighted by atomic mass is 31.3. The van der Waals surface area contributed by atoms with E-state index in [4.69, 9.17) is 39.8 Å². The molecule has 2 fully saturated rings. The first kappa shape index (κ1) is 40.3. The van der Waals surface area contributed by atoms with Gasteiger partial charge < -0.3 is 60.7 Å². The van der Waals surface area contributed by atoms with Crippen molar-refractivity contribution in [2.75, 3.05) is 24.7 Å². The second kappa shape index (κ2) is 14.8. The Morgan fingerprint density at radius 3 is 2.08 bits per heavy atom. The summed E-state index contributed by atoms with van der Waals surface area (Å²) in [6.45, 7) is -2.34. The van der Waals surface area contributed by atoms with Gasteiger partial charge in [-0.15, -0.1) is 0 Å². The summed E-state index contributed by atoms with van der Waals surface area (Å²) < 4.78 is 82.6. The van der Waals surface area contributed by atoms with E-state index in [-0.39, 0.29) is 17.0 Å². The van der Waals surface area contributed by atoms with E-state index in [1.54, 1.807) is 0 Å². The van der Waals surface area contributed by atoms with E-state index >= 15 is 0 Å². The number of rotatable bonds is 14. The predicted molar refractivity (Wildman–Crippen MR) is 162 cm³/mol. The number of nitrogens with one attached hydrogen (secondary N) is 1. The number of nitrogen functional groups attached to an aromatic ring is 2. The quantitative estimate of drug-likeness (QED) is 0.0696. The molecule has 3 unspecified atom stereocenters. The lowest BCUT2D eigenvalue weighted by Gasteiger charge is -2.24. The van der Waals surface area contributed by atoms with Gasteiger partial charge in [-0.05, 0) is 6.07 Å². The third-order valence-electron chi connectivity index (χ3n) is 6.97. The number of aromatic amines is 1. The van der Waals surface area contributed by atoms with Crippen molar-refractivity contribution >= 4 is 54.2 Å². The lowest BCUT2D eigenvalue weighted by Crippen LogP contribution is -2.37. The third-order valence-corrected chi connectivity index (χ3v) is 11.8. The molecule has 11 atom stereocenters. The number of nitrogens with zero attached hydrogens (tertiary/aromatic N) is 5. The summed E-state index contributed by atoms with van der Waals surface area (Å²) in [6.07, 6.45) is -12.7. The van der Waals surface area contributed by atoms with Gasteiger partial charge in [-0.25, -0.2) is 28.0 Å². The number of H-pyrrole nitrogens is 1. The molecule has 52 heavy (non-hydrogen) atoms. The highest BCUT2D eigenvalue weighted by molar-refractivity contribution is 7.66. The molecule has 29 nitrogen and oxygen atoms in total. The van der Waals surface area contributed by atoms with Crippen LogP contribution in [0.25, 0.3) is 11.2 Å². The topological polar surface area (TPSA) is 445 Å². The van der Waals surface area contributed by atoms with Gasteiger partial charge in [0.25, 0.3) is 5.56 Å². The maximum absolute atomic E-state index is 13.1. The summed E-state index contributed by atoms with van der Waals surface area (Å²) in [6, 6.07) is 1.18. The molecular formula is C19H28N8O21P4. The van der Waals surface area contributed by atoms with E-state index < -0.39 is 111 Å². The first-order valence-electron chi connectivity index (χ1n) is 13.8. The number of aliphatic hydroxyl groups excluding tert-OH is 3. The Bertz CT molecular complexity index is 2120. The second-order valence-corrected chi connectivity index (χ2v) is 16.5. The highest BCUT2D eigenvalue weighted by Crippen LogP contribution is 2.66. The molecule has 5 rings (SSSR count). The van der Waals surface area contributed by atoms with Crippen molar-refractivity contribution in [3.8, 4) is 0 Å². The number of imidazole rings is 1. The molecule has 3 aromatic heterocycles. The molecule has 2 saturated heterocycles. The van der Waals surface area contributed by atoms with Gasteiger partial charge in [0.15, 0.2) is 23.6 Å². The summed E-state index contributed by atoms with van der Waals surface area (Å²) in [4.78, 5) is 85.2. The van der Waals surface area contributed by atoms with Gasteiger partial charge in [-0.1, -0.05) is 0 Å². The van der Waals surface area contributed by atoms with Crippen molar-refractivity contribution in [3.05, 3.63) is 39.4 Å². The van der Waals surface area contributed by atoms with Crippen LogP contribution < -0.4 is 22.7 Å². The maximum Gasteiger partial charge on any atom is 0.490 e. The van der Waals surface area contributed by atoms with Gasteiger partial charge >= 0.3 is 37.0 Å². The number of ether oxygens (including phenoxy) is 2. The van der Waals surface area contributed by atoms with Gasteiger partial charge in [-0.3, -0.25) is 32.5 Å². The summed E-state index contributed by atoms with van der Waals surface area (Å²) in [7, 11) is -23.0. The fourth-order valence-electron chi connectivity index (χ4n) is 4.88. The number of anilines is 2. The molecule has 2 aliphatic heterocycles. The minimum Gasteiger partial charge on any atom is -0.387 e. The number of aromatic nitrogens is 6. The van der Waals surface area contributed by atoms with Crippen molar-refractivity contribution in [1.82, 2.24) is 29.1 Å². The van der Waals surface area contributed by atoms with Crippen molar-refractivity contribution < 1.29 is 89.7 Å². The van der Waals surface area contributed by atoms with Crippen LogP contribution in [0.5, 0.6) is 0 Å². The number of hydrogen-bond acceptors (Lipinski definition) is 21. The molecule has 0 spiro atoms. The predicted octanol–water partition coefficient (Wildman–Crippen LogP) is -3.74. The molecule has 2 aliphatic rings. The van der Waals surface area contributed by atoms with Gasteiger partial charge in [-0.2, -0.15) is 18.6 Å². The van der Waals surface area contributed by atoms with Crippen molar-refractivity contribution in [2.24, 2.45) is 0 Å². The summed E-state index contributed by atoms with van der Waals surface area (Å²) in [5.74, 6) is -0.582. The molecule has 0 saturated carbocycles. The molecule has 33 heteroatoms. The molecule has 0 aromatic carbocycles. The molecule has 13 N–H and O–H groups in total. The fourth-order valence-corrected chi connectivity index (χ4v) is 8.88. The number of hydrogen-bond donors (Lipinski definition) is 11. The first-order chi connectivity index (χ1) is 24.0. The Morgan fingerprint density at radius 1 is 0.808 bits per heavy atom. The second-order valence-electron chi connectivity index (χ2n) is 10.6. The van der Waals surface area contributed by atoms with E-state index in [9.17, 15) is 57.8 Å². The van der Waals surface area contributed by atoms with Gasteiger partial charge in [0.2, 0.25) is 5.95 Å². The van der Waals surface area contributed by atoms with E-state index in [1.165, 1.54) is 6.07 Å². The minimum atomic E-state index is -5.97. The zero-order valence-corrected chi connectivity index (χ0v) is 28.9. The van der Waals surface area contributed by atoms with Crippen LogP contribution in [-0.2, 0) is 49.9 Å². The molecule has 0 amide bonds. The summed E-state index contributed by atoms with van der Waals surface area (Å²) >= 11 is 0. The van der Waals surface area contributed by atoms with Crippen LogP contribution in [0.2, 0.25) is 0 Å². The molecular weight excluding hydrogens is 800 g/mol. The Morgan fingerprint density at radius 2 is 1.42 bits per heavy atom. The van der Waals surface area contributed by atoms with E-state index in [2.05, 4.69) is 33.1 Å². The largest absolute Gasteiger partial charge is 0.490 e. The number of phosphoric ester groups is 2. The van der Waals surface area contributed by atoms with Crippen LogP contribution in [0.1, 0.15) is 12.5 Å². The Balaban J connectivity index is 1.35. The third kappa shape index (κ3) is 9.26. The Labute approximate surface area is 286 Å². The normalized spacial score (nSPS) is 30.2. The number of fused-ring (bicyclic) bond motifs is 1. The molecule has 3 aromatic rings. The first-order valence-corrected chi connectivity index (χ1v) is 19.8. The van der Waals surface area contributed by atoms with Crippen LogP contribution >= 0.6 is 31.3 Å². The average molecular weight is 828 g/mol. The van der Waals surface area contributed by atoms with Gasteiger partial charge in [0, 0.05) is 6.20 Å². The van der Waals surface area contributed by atoms with E-state index in [0.29, 0.717) is 0 Å². The van der Waals surface area contributed by atoms with Gasteiger partial charge in [0.05, 0.1) is 19.5 Å². The zero-order chi connectivity index (χ0) is 38.6. The number of aliphatic hydroxyl groups is 3. The molecule has 0 radical (unpaired) electrons. The van der Waals surface area contributed by atoms with E-state index in [0.717, 1.165) is 21.7 Å². The fraction of sp³-hybridized carbons (Fsp3) is 0.526. The summed E-state index contributed by atoms with van der Waals surface area (Å²) in [5.41, 5.74) is 8.57. The Kier molecular flexibility index (Phi) is 11.5. The van der Waals surface area contributed by atoms with Gasteiger partial charge in [0.1, 0.15) is 42.4 Å². The standard InChI is InChI=1S/C19H28N8O21P4/c20-8-1-2-26(19(32)23-8)16-11(29)10(28)6(44-16)3-42-50(36,37)46-13-7(4-43-51(38,39)48-52(40,41)47-49(33,34)35)45-17(12(13)30)27-5-22-9-14(27)24-18(21)25-15(9)31/h1-2,5-7,10-13,16-17,28-30H,3-4H2,(H,36,37)(H,38,39)(H,40,41)(H2,20,23,32)(H2,33,34,35)(H3,21,24,25,31)/t6-,7-,10-,11-,12-,13-,16-,17-/m1/s1. The maximum atomic E-state index is 13.1. The highest BCUT2D eigenvalue weighted by Gasteiger charge is 2.52. The van der Waals surface area contributed by atoms with Crippen LogP contribution in [-0.4, -0.2) is 119 Å². The van der Waals surface area contributed by atoms with Crippen molar-refractivity contribution in [1.29, 1.82) is 0 Å². The zero-order valence-electron chi connectivity index (χ0n) is 25.3. The molecule has 0 aliphatic carbocycles.